The molecule has 0 aromatic heterocycles. The van der Waals surface area contributed by atoms with Gasteiger partial charge in [0.15, 0.2) is 9.84 Å². The van der Waals surface area contributed by atoms with Crippen LogP contribution in [0.3, 0.4) is 0 Å². The maximum absolute atomic E-state index is 12.5. The third kappa shape index (κ3) is 2.87. The average molecular weight is 372 g/mol. The zero-order valence-corrected chi connectivity index (χ0v) is 13.5. The molecule has 0 saturated heterocycles. The Morgan fingerprint density at radius 1 is 1.17 bits per heavy atom. The van der Waals surface area contributed by atoms with E-state index in [9.17, 15) is 8.42 Å². The first-order chi connectivity index (χ1) is 8.34. The van der Waals surface area contributed by atoms with Crippen molar-refractivity contribution >= 4 is 49.0 Å². The Morgan fingerprint density at radius 3 is 2.33 bits per heavy atom. The summed E-state index contributed by atoms with van der Waals surface area (Å²) in [5.74, 6) is 0. The molecule has 6 heteroatoms. The van der Waals surface area contributed by atoms with Crippen molar-refractivity contribution in [3.05, 3.63) is 28.7 Å². The van der Waals surface area contributed by atoms with E-state index in [4.69, 9.17) is 23.2 Å². The maximum atomic E-state index is 12.5. The van der Waals surface area contributed by atoms with Gasteiger partial charge in [-0.25, -0.2) is 8.42 Å². The average Bonchev–Trinajstić information content (AvgIpc) is 2.28. The smallest absolute Gasteiger partial charge is 0.184 e. The lowest BCUT2D eigenvalue weighted by atomic mass is 9.99. The van der Waals surface area contributed by atoms with Crippen molar-refractivity contribution in [3.8, 4) is 0 Å². The first-order valence-corrected chi connectivity index (χ1v) is 8.81. The second-order valence-corrected chi connectivity index (χ2v) is 9.08. The van der Waals surface area contributed by atoms with Gasteiger partial charge in [0, 0.05) is 4.47 Å². The van der Waals surface area contributed by atoms with Crippen LogP contribution >= 0.6 is 39.1 Å². The number of rotatable bonds is 2. The fraction of sp³-hybridized carbons (Fsp3) is 0.500. The van der Waals surface area contributed by atoms with Crippen molar-refractivity contribution < 1.29 is 8.42 Å². The third-order valence-electron chi connectivity index (χ3n) is 3.21. The fourth-order valence-corrected chi connectivity index (χ4v) is 5.58. The molecule has 0 bridgehead atoms. The minimum absolute atomic E-state index is 0.281. The Balaban J connectivity index is 2.38. The molecule has 2 nitrogen and oxygen atoms in total. The summed E-state index contributed by atoms with van der Waals surface area (Å²) < 4.78 is 24.7. The molecule has 18 heavy (non-hydrogen) atoms. The second-order valence-electron chi connectivity index (χ2n) is 4.49. The molecular formula is C12H13BrCl2O2S. The monoisotopic (exact) mass is 370 g/mol. The van der Waals surface area contributed by atoms with Crippen molar-refractivity contribution in [3.63, 3.8) is 0 Å². The van der Waals surface area contributed by atoms with Crippen molar-refractivity contribution in [2.45, 2.75) is 40.2 Å². The largest absolute Gasteiger partial charge is 0.223 e. The van der Waals surface area contributed by atoms with Gasteiger partial charge in [0.05, 0.1) is 10.1 Å². The molecule has 100 valence electrons. The molecule has 1 aliphatic rings. The zero-order chi connectivity index (χ0) is 13.4. The number of hydrogen-bond acceptors (Lipinski definition) is 2. The molecule has 1 saturated carbocycles. The first kappa shape index (κ1) is 14.6. The number of benzene rings is 1. The topological polar surface area (TPSA) is 34.1 Å². The minimum Gasteiger partial charge on any atom is -0.223 e. The number of alkyl halides is 2. The van der Waals surface area contributed by atoms with Gasteiger partial charge in [-0.05, 0) is 37.1 Å². The molecule has 0 amide bonds. The summed E-state index contributed by atoms with van der Waals surface area (Å²) in [4.78, 5) is 0.281. The lowest BCUT2D eigenvalue weighted by molar-refractivity contribution is 0.463. The van der Waals surface area contributed by atoms with Gasteiger partial charge in [0.2, 0.25) is 0 Å². The van der Waals surface area contributed by atoms with Crippen LogP contribution in [0.2, 0.25) is 0 Å². The van der Waals surface area contributed by atoms with Gasteiger partial charge < -0.3 is 0 Å². The quantitative estimate of drug-likeness (QED) is 0.724. The van der Waals surface area contributed by atoms with Crippen molar-refractivity contribution in [1.82, 2.24) is 0 Å². The minimum atomic E-state index is -3.47. The SMILES string of the molecule is O=S(=O)(c1ccc(Br)cc1)C1CCCCC1(Cl)Cl. The van der Waals surface area contributed by atoms with Crippen LogP contribution in [-0.4, -0.2) is 18.0 Å². The molecule has 0 spiro atoms. The predicted octanol–water partition coefficient (Wildman–Crippen LogP) is 4.34. The summed E-state index contributed by atoms with van der Waals surface area (Å²) in [5.41, 5.74) is 0. The van der Waals surface area contributed by atoms with Gasteiger partial charge >= 0.3 is 0 Å². The lowest BCUT2D eigenvalue weighted by Crippen LogP contribution is -2.40. The van der Waals surface area contributed by atoms with Gasteiger partial charge in [-0.15, -0.1) is 23.2 Å². The number of halogens is 3. The van der Waals surface area contributed by atoms with Gasteiger partial charge in [-0.2, -0.15) is 0 Å². The van der Waals surface area contributed by atoms with Gasteiger partial charge in [0.25, 0.3) is 0 Å². The standard InChI is InChI=1S/C12H13BrCl2O2S/c13-9-4-6-10(7-5-9)18(16,17)11-3-1-2-8-12(11,14)15/h4-7,11H,1-3,8H2. The Hall–Kier alpha value is 0.230. The summed E-state index contributed by atoms with van der Waals surface area (Å²) in [6.07, 6.45) is 2.77. The maximum Gasteiger partial charge on any atom is 0.184 e. The molecule has 2 rings (SSSR count). The Morgan fingerprint density at radius 2 is 1.78 bits per heavy atom. The summed E-state index contributed by atoms with van der Waals surface area (Å²) in [6, 6.07) is 6.58. The highest BCUT2D eigenvalue weighted by Crippen LogP contribution is 2.43. The van der Waals surface area contributed by atoms with Crippen molar-refractivity contribution in [2.24, 2.45) is 0 Å². The third-order valence-corrected chi connectivity index (χ3v) is 7.22. The van der Waals surface area contributed by atoms with Crippen LogP contribution in [-0.2, 0) is 9.84 Å². The van der Waals surface area contributed by atoms with E-state index in [1.807, 2.05) is 0 Å². The van der Waals surface area contributed by atoms with Gasteiger partial charge in [-0.1, -0.05) is 28.8 Å². The molecule has 1 unspecified atom stereocenters. The Bertz CT molecular complexity index is 526. The van der Waals surface area contributed by atoms with E-state index in [0.717, 1.165) is 17.3 Å². The van der Waals surface area contributed by atoms with E-state index >= 15 is 0 Å². The van der Waals surface area contributed by atoms with Crippen molar-refractivity contribution in [2.75, 3.05) is 0 Å². The molecular weight excluding hydrogens is 359 g/mol. The molecule has 1 aliphatic carbocycles. The normalized spacial score (nSPS) is 23.8. The highest BCUT2D eigenvalue weighted by molar-refractivity contribution is 9.10. The molecule has 1 fully saturated rings. The van der Waals surface area contributed by atoms with E-state index in [2.05, 4.69) is 15.9 Å². The number of sulfone groups is 1. The van der Waals surface area contributed by atoms with Crippen LogP contribution in [0, 0.1) is 0 Å². The van der Waals surface area contributed by atoms with Crippen LogP contribution < -0.4 is 0 Å². The summed E-state index contributed by atoms with van der Waals surface area (Å²) in [6.45, 7) is 0. The van der Waals surface area contributed by atoms with Gasteiger partial charge in [0.1, 0.15) is 4.33 Å². The van der Waals surface area contributed by atoms with E-state index < -0.39 is 19.4 Å². The molecule has 1 aromatic rings. The number of hydrogen-bond donors (Lipinski definition) is 0. The summed E-state index contributed by atoms with van der Waals surface area (Å²) in [7, 11) is -3.47. The summed E-state index contributed by atoms with van der Waals surface area (Å²) >= 11 is 15.6. The Kier molecular flexibility index (Phi) is 4.32. The van der Waals surface area contributed by atoms with E-state index in [1.165, 1.54) is 0 Å². The zero-order valence-electron chi connectivity index (χ0n) is 9.57. The first-order valence-electron chi connectivity index (χ1n) is 5.71. The molecule has 0 radical (unpaired) electrons. The molecule has 1 atom stereocenters. The predicted molar refractivity (Wildman–Crippen MR) is 78.0 cm³/mol. The van der Waals surface area contributed by atoms with Crippen LogP contribution in [0.1, 0.15) is 25.7 Å². The molecule has 0 aliphatic heterocycles. The fourth-order valence-electron chi connectivity index (χ4n) is 2.23. The van der Waals surface area contributed by atoms with E-state index in [0.29, 0.717) is 12.8 Å². The Labute approximate surface area is 126 Å². The van der Waals surface area contributed by atoms with E-state index in [-0.39, 0.29) is 4.90 Å². The van der Waals surface area contributed by atoms with Gasteiger partial charge in [-0.3, -0.25) is 0 Å². The van der Waals surface area contributed by atoms with Crippen LogP contribution in [0.4, 0.5) is 0 Å². The second kappa shape index (κ2) is 5.31. The molecule has 0 heterocycles. The highest BCUT2D eigenvalue weighted by atomic mass is 79.9. The van der Waals surface area contributed by atoms with Crippen molar-refractivity contribution in [1.29, 1.82) is 0 Å². The highest BCUT2D eigenvalue weighted by Gasteiger charge is 2.45. The molecule has 0 N–H and O–H groups in total. The van der Waals surface area contributed by atoms with E-state index in [1.54, 1.807) is 24.3 Å². The lowest BCUT2D eigenvalue weighted by Gasteiger charge is -2.33. The van der Waals surface area contributed by atoms with Crippen LogP contribution in [0.25, 0.3) is 0 Å². The summed E-state index contributed by atoms with van der Waals surface area (Å²) in [5, 5.41) is -0.719. The van der Waals surface area contributed by atoms with Crippen LogP contribution in [0.15, 0.2) is 33.6 Å². The molecule has 1 aromatic carbocycles. The van der Waals surface area contributed by atoms with Crippen LogP contribution in [0.5, 0.6) is 0 Å².